The zero-order valence-corrected chi connectivity index (χ0v) is 19.2. The van der Waals surface area contributed by atoms with Crippen LogP contribution in [0, 0.1) is 6.92 Å². The van der Waals surface area contributed by atoms with Gasteiger partial charge in [0, 0.05) is 6.42 Å². The van der Waals surface area contributed by atoms with E-state index in [1.54, 1.807) is 32.7 Å². The Morgan fingerprint density at radius 3 is 2.41 bits per heavy atom. The molecule has 2 aromatic heterocycles. The van der Waals surface area contributed by atoms with Crippen molar-refractivity contribution >= 4 is 27.3 Å². The number of ether oxygens (including phenoxy) is 3. The van der Waals surface area contributed by atoms with Gasteiger partial charge in [-0.2, -0.15) is 5.10 Å². The Bertz CT molecular complexity index is 1280. The number of aromatic nitrogens is 3. The van der Waals surface area contributed by atoms with Crippen LogP contribution in [-0.2, 0) is 6.42 Å². The molecule has 0 saturated carbocycles. The van der Waals surface area contributed by atoms with E-state index in [4.69, 9.17) is 24.3 Å². The first-order chi connectivity index (χ1) is 15.5. The number of thiazole rings is 1. The molecule has 0 bridgehead atoms. The minimum Gasteiger partial charge on any atom is -0.493 e. The summed E-state index contributed by atoms with van der Waals surface area (Å²) in [7, 11) is 4.77. The highest BCUT2D eigenvalue weighted by Crippen LogP contribution is 2.43. The fourth-order valence-corrected chi connectivity index (χ4v) is 5.38. The first kappa shape index (κ1) is 20.5. The van der Waals surface area contributed by atoms with Gasteiger partial charge in [0.1, 0.15) is 0 Å². The van der Waals surface area contributed by atoms with Crippen LogP contribution in [-0.4, -0.2) is 41.9 Å². The summed E-state index contributed by atoms with van der Waals surface area (Å²) in [5.74, 6) is 1.76. The van der Waals surface area contributed by atoms with Crippen LogP contribution in [0.1, 0.15) is 39.6 Å². The lowest BCUT2D eigenvalue weighted by Crippen LogP contribution is -2.20. The summed E-state index contributed by atoms with van der Waals surface area (Å²) in [5, 5.41) is 5.48. The molecule has 8 heteroatoms. The van der Waals surface area contributed by atoms with Crippen molar-refractivity contribution in [3.05, 3.63) is 58.9 Å². The maximum Gasteiger partial charge on any atom is 0.211 e. The van der Waals surface area contributed by atoms with Crippen LogP contribution in [0.3, 0.4) is 0 Å². The lowest BCUT2D eigenvalue weighted by Gasteiger charge is -2.24. The van der Waals surface area contributed by atoms with Crippen LogP contribution in [0.5, 0.6) is 17.2 Å². The van der Waals surface area contributed by atoms with E-state index in [-0.39, 0.29) is 11.7 Å². The van der Waals surface area contributed by atoms with Crippen molar-refractivity contribution in [1.29, 1.82) is 0 Å². The van der Waals surface area contributed by atoms with Crippen LogP contribution in [0.15, 0.2) is 36.4 Å². The first-order valence-corrected chi connectivity index (χ1v) is 11.1. The number of hydrogen-bond donors (Lipinski definition) is 0. The van der Waals surface area contributed by atoms with Crippen LogP contribution in [0.2, 0.25) is 0 Å². The number of carbonyl (C=O) groups is 1. The zero-order chi connectivity index (χ0) is 22.4. The maximum atomic E-state index is 13.2. The predicted molar refractivity (Wildman–Crippen MR) is 123 cm³/mol. The molecule has 0 fully saturated rings. The van der Waals surface area contributed by atoms with Gasteiger partial charge < -0.3 is 14.2 Å². The number of ketones is 1. The molecule has 0 aliphatic heterocycles. The molecule has 0 radical (unpaired) electrons. The van der Waals surface area contributed by atoms with E-state index in [0.29, 0.717) is 35.7 Å². The molecule has 2 heterocycles. The Morgan fingerprint density at radius 2 is 1.75 bits per heavy atom. The third-order valence-corrected chi connectivity index (χ3v) is 6.94. The van der Waals surface area contributed by atoms with Gasteiger partial charge in [-0.15, -0.1) is 0 Å². The Morgan fingerprint density at radius 1 is 1.03 bits per heavy atom. The standard InChI is InChI=1S/C24H23N3O4S/c1-13-22-17(27(26-13)24-25-16-7-5-6-8-21(16)32-24)9-14(10-18(22)28)15-11-19(29-2)23(31-4)20(12-15)30-3/h5-8,11-12,14H,9-10H2,1-4H3. The number of rotatable bonds is 5. The van der Waals surface area contributed by atoms with Crippen molar-refractivity contribution < 1.29 is 19.0 Å². The minimum absolute atomic E-state index is 0.0343. The number of aryl methyl sites for hydroxylation is 1. The van der Waals surface area contributed by atoms with Crippen LogP contribution < -0.4 is 14.2 Å². The summed E-state index contributed by atoms with van der Waals surface area (Å²) in [6.07, 6.45) is 1.06. The van der Waals surface area contributed by atoms with Gasteiger partial charge in [0.15, 0.2) is 17.3 Å². The lowest BCUT2D eigenvalue weighted by atomic mass is 9.81. The van der Waals surface area contributed by atoms with Crippen molar-refractivity contribution in [1.82, 2.24) is 14.8 Å². The molecule has 32 heavy (non-hydrogen) atoms. The monoisotopic (exact) mass is 449 g/mol. The van der Waals surface area contributed by atoms with E-state index >= 15 is 0 Å². The average Bonchev–Trinajstić information content (AvgIpc) is 3.39. The number of hydrogen-bond acceptors (Lipinski definition) is 7. The van der Waals surface area contributed by atoms with E-state index in [9.17, 15) is 4.79 Å². The number of Topliss-reactive ketones (excluding diaryl/α,β-unsaturated/α-hetero) is 1. The highest BCUT2D eigenvalue weighted by atomic mass is 32.1. The first-order valence-electron chi connectivity index (χ1n) is 10.3. The van der Waals surface area contributed by atoms with Gasteiger partial charge in [-0.3, -0.25) is 4.79 Å². The highest BCUT2D eigenvalue weighted by Gasteiger charge is 2.33. The van der Waals surface area contributed by atoms with Gasteiger partial charge in [-0.1, -0.05) is 23.5 Å². The molecule has 164 valence electrons. The minimum atomic E-state index is -0.0343. The van der Waals surface area contributed by atoms with Crippen molar-refractivity contribution in [2.24, 2.45) is 0 Å². The number of nitrogens with zero attached hydrogens (tertiary/aromatic N) is 3. The van der Waals surface area contributed by atoms with Gasteiger partial charge in [0.2, 0.25) is 10.9 Å². The normalized spacial score (nSPS) is 15.6. The summed E-state index contributed by atoms with van der Waals surface area (Å²) in [5.41, 5.74) is 4.25. The summed E-state index contributed by atoms with van der Waals surface area (Å²) in [6, 6.07) is 11.9. The van der Waals surface area contributed by atoms with Crippen LogP contribution >= 0.6 is 11.3 Å². The van der Waals surface area contributed by atoms with Crippen LogP contribution in [0.25, 0.3) is 15.3 Å². The third kappa shape index (κ3) is 3.22. The van der Waals surface area contributed by atoms with Gasteiger partial charge in [0.05, 0.1) is 48.5 Å². The largest absolute Gasteiger partial charge is 0.493 e. The van der Waals surface area contributed by atoms with E-state index in [1.165, 1.54) is 0 Å². The molecule has 1 aliphatic carbocycles. The second-order valence-corrected chi connectivity index (χ2v) is 8.78. The van der Waals surface area contributed by atoms with E-state index < -0.39 is 0 Å². The summed E-state index contributed by atoms with van der Waals surface area (Å²) in [4.78, 5) is 17.9. The van der Waals surface area contributed by atoms with Gasteiger partial charge in [-0.05, 0) is 49.1 Å². The molecule has 4 aromatic rings. The topological polar surface area (TPSA) is 75.5 Å². The molecular formula is C24H23N3O4S. The molecule has 7 nitrogen and oxygen atoms in total. The molecule has 1 aliphatic rings. The predicted octanol–water partition coefficient (Wildman–Crippen LogP) is 4.73. The van der Waals surface area contributed by atoms with E-state index in [0.717, 1.165) is 32.3 Å². The Hall–Kier alpha value is -3.39. The molecule has 0 saturated heterocycles. The smallest absolute Gasteiger partial charge is 0.211 e. The quantitative estimate of drug-likeness (QED) is 0.439. The van der Waals surface area contributed by atoms with Crippen molar-refractivity contribution in [2.45, 2.75) is 25.7 Å². The molecule has 0 amide bonds. The fraction of sp³-hybridized carbons (Fsp3) is 0.292. The summed E-state index contributed by atoms with van der Waals surface area (Å²) < 4.78 is 19.4. The van der Waals surface area contributed by atoms with Crippen molar-refractivity contribution in [2.75, 3.05) is 21.3 Å². The van der Waals surface area contributed by atoms with Gasteiger partial charge in [0.25, 0.3) is 0 Å². The second-order valence-electron chi connectivity index (χ2n) is 7.77. The van der Waals surface area contributed by atoms with E-state index in [2.05, 4.69) is 0 Å². The Labute approximate surface area is 189 Å². The van der Waals surface area contributed by atoms with Crippen LogP contribution in [0.4, 0.5) is 0 Å². The molecule has 2 aromatic carbocycles. The molecule has 0 spiro atoms. The van der Waals surface area contributed by atoms with Crippen molar-refractivity contribution in [3.8, 4) is 22.4 Å². The molecule has 5 rings (SSSR count). The Kier molecular flexibility index (Phi) is 5.09. The van der Waals surface area contributed by atoms with E-state index in [1.807, 2.05) is 48.0 Å². The van der Waals surface area contributed by atoms with Crippen molar-refractivity contribution in [3.63, 3.8) is 0 Å². The fourth-order valence-electron chi connectivity index (χ4n) is 4.44. The molecule has 1 atom stereocenters. The summed E-state index contributed by atoms with van der Waals surface area (Å²) >= 11 is 1.57. The number of carbonyl (C=O) groups excluding carboxylic acids is 1. The number of fused-ring (bicyclic) bond motifs is 2. The molecule has 0 N–H and O–H groups in total. The maximum absolute atomic E-state index is 13.2. The second kappa shape index (κ2) is 7.94. The highest BCUT2D eigenvalue weighted by molar-refractivity contribution is 7.20. The lowest BCUT2D eigenvalue weighted by molar-refractivity contribution is 0.0963. The SMILES string of the molecule is COc1cc(C2CC(=O)c3c(C)nn(-c4nc5ccccc5s4)c3C2)cc(OC)c1OC. The number of methoxy groups -OCH3 is 3. The molecule has 1 unspecified atom stereocenters. The Balaban J connectivity index is 1.60. The number of benzene rings is 2. The average molecular weight is 450 g/mol. The third-order valence-electron chi connectivity index (χ3n) is 5.93. The summed E-state index contributed by atoms with van der Waals surface area (Å²) in [6.45, 7) is 1.89. The number of para-hydroxylation sites is 1. The zero-order valence-electron chi connectivity index (χ0n) is 18.3. The van der Waals surface area contributed by atoms with Gasteiger partial charge >= 0.3 is 0 Å². The van der Waals surface area contributed by atoms with Gasteiger partial charge in [-0.25, -0.2) is 9.67 Å². The molecular weight excluding hydrogens is 426 g/mol.